The summed E-state index contributed by atoms with van der Waals surface area (Å²) in [7, 11) is 0. The van der Waals surface area contributed by atoms with Gasteiger partial charge >= 0.3 is 5.97 Å². The van der Waals surface area contributed by atoms with Gasteiger partial charge in [-0.25, -0.2) is 0 Å². The van der Waals surface area contributed by atoms with E-state index in [2.05, 4.69) is 5.32 Å². The summed E-state index contributed by atoms with van der Waals surface area (Å²) in [6, 6.07) is 0. The fourth-order valence-corrected chi connectivity index (χ4v) is 0.673. The molecule has 0 unspecified atom stereocenters. The molecule has 13 heavy (non-hydrogen) atoms. The van der Waals surface area contributed by atoms with Crippen molar-refractivity contribution < 1.29 is 14.3 Å². The van der Waals surface area contributed by atoms with Gasteiger partial charge in [-0.2, -0.15) is 0 Å². The normalized spacial score (nSPS) is 10.8. The Kier molecular flexibility index (Phi) is 4.45. The molecule has 0 rings (SSSR count). The minimum absolute atomic E-state index is 0.0516. The summed E-state index contributed by atoms with van der Waals surface area (Å²) in [5, 5.41) is 2.44. The maximum Gasteiger partial charge on any atom is 0.325 e. The summed E-state index contributed by atoms with van der Waals surface area (Å²) >= 11 is 0. The van der Waals surface area contributed by atoms with Gasteiger partial charge < -0.3 is 10.1 Å². The Hall–Kier alpha value is -1.06. The van der Waals surface area contributed by atoms with Crippen LogP contribution in [0.25, 0.3) is 0 Å². The van der Waals surface area contributed by atoms with Crippen LogP contribution in [0.15, 0.2) is 0 Å². The van der Waals surface area contributed by atoms with E-state index in [1.807, 2.05) is 0 Å². The molecule has 0 fully saturated rings. The van der Waals surface area contributed by atoms with E-state index in [0.29, 0.717) is 6.42 Å². The molecule has 0 atom stereocenters. The van der Waals surface area contributed by atoms with E-state index in [9.17, 15) is 9.59 Å². The Bertz CT molecular complexity index is 194. The van der Waals surface area contributed by atoms with Gasteiger partial charge in [-0.1, -0.05) is 6.92 Å². The van der Waals surface area contributed by atoms with Crippen molar-refractivity contribution in [3.63, 3.8) is 0 Å². The Labute approximate surface area is 78.6 Å². The standard InChI is InChI=1S/C9H17NO3/c1-5-7(11)10-6-8(12)13-9(2,3)4/h5-6H2,1-4H3,(H,10,11). The molecule has 1 amide bonds. The second kappa shape index (κ2) is 4.84. The minimum atomic E-state index is -0.492. The summed E-state index contributed by atoms with van der Waals surface area (Å²) in [6.45, 7) is 7.03. The highest BCUT2D eigenvalue weighted by molar-refractivity contribution is 5.81. The first-order valence-corrected chi connectivity index (χ1v) is 4.33. The van der Waals surface area contributed by atoms with Crippen molar-refractivity contribution in [2.24, 2.45) is 0 Å². The van der Waals surface area contributed by atoms with Gasteiger partial charge in [0.15, 0.2) is 0 Å². The molecule has 0 aromatic carbocycles. The Morgan fingerprint density at radius 3 is 2.23 bits per heavy atom. The highest BCUT2D eigenvalue weighted by Crippen LogP contribution is 2.05. The van der Waals surface area contributed by atoms with Gasteiger partial charge in [0, 0.05) is 6.42 Å². The molecule has 0 saturated carbocycles. The first-order valence-electron chi connectivity index (χ1n) is 4.33. The molecule has 0 aromatic rings. The van der Waals surface area contributed by atoms with Crippen LogP contribution in [0, 0.1) is 0 Å². The lowest BCUT2D eigenvalue weighted by Crippen LogP contribution is -2.34. The van der Waals surface area contributed by atoms with Crippen molar-refractivity contribution in [3.05, 3.63) is 0 Å². The number of hydrogen-bond donors (Lipinski definition) is 1. The number of carbonyl (C=O) groups is 2. The van der Waals surface area contributed by atoms with Crippen LogP contribution in [0.2, 0.25) is 0 Å². The first kappa shape index (κ1) is 11.9. The first-order chi connectivity index (χ1) is 5.85. The molecule has 0 bridgehead atoms. The molecule has 0 aliphatic heterocycles. The smallest absolute Gasteiger partial charge is 0.325 e. The number of nitrogens with one attached hydrogen (secondary N) is 1. The Balaban J connectivity index is 3.71. The summed E-state index contributed by atoms with van der Waals surface area (Å²) in [5.41, 5.74) is -0.492. The highest BCUT2D eigenvalue weighted by atomic mass is 16.6. The van der Waals surface area contributed by atoms with Crippen LogP contribution >= 0.6 is 0 Å². The van der Waals surface area contributed by atoms with E-state index >= 15 is 0 Å². The van der Waals surface area contributed by atoms with Crippen LogP contribution in [0.4, 0.5) is 0 Å². The maximum atomic E-state index is 11.0. The van der Waals surface area contributed by atoms with Crippen molar-refractivity contribution in [1.82, 2.24) is 5.32 Å². The molecule has 0 heterocycles. The third kappa shape index (κ3) is 7.31. The quantitative estimate of drug-likeness (QED) is 0.666. The van der Waals surface area contributed by atoms with Gasteiger partial charge in [0.25, 0.3) is 0 Å². The van der Waals surface area contributed by atoms with Gasteiger partial charge in [-0.15, -0.1) is 0 Å². The topological polar surface area (TPSA) is 55.4 Å². The molecule has 1 N–H and O–H groups in total. The van der Waals surface area contributed by atoms with E-state index in [1.165, 1.54) is 0 Å². The van der Waals surface area contributed by atoms with Gasteiger partial charge in [0.1, 0.15) is 12.1 Å². The fraction of sp³-hybridized carbons (Fsp3) is 0.778. The van der Waals surface area contributed by atoms with Crippen LogP contribution < -0.4 is 5.32 Å². The molecule has 0 aliphatic rings. The number of ether oxygens (including phenoxy) is 1. The molecular weight excluding hydrogens is 170 g/mol. The molecule has 4 nitrogen and oxygen atoms in total. The van der Waals surface area contributed by atoms with Crippen molar-refractivity contribution in [2.45, 2.75) is 39.7 Å². The number of amides is 1. The number of carbonyl (C=O) groups excluding carboxylic acids is 2. The predicted molar refractivity (Wildman–Crippen MR) is 49.1 cm³/mol. The molecule has 0 spiro atoms. The fourth-order valence-electron chi connectivity index (χ4n) is 0.673. The number of esters is 1. The zero-order chi connectivity index (χ0) is 10.5. The highest BCUT2D eigenvalue weighted by Gasteiger charge is 2.16. The van der Waals surface area contributed by atoms with Crippen LogP contribution in [0.5, 0.6) is 0 Å². The van der Waals surface area contributed by atoms with Crippen molar-refractivity contribution in [1.29, 1.82) is 0 Å². The largest absolute Gasteiger partial charge is 0.459 e. The van der Waals surface area contributed by atoms with Crippen LogP contribution in [0.3, 0.4) is 0 Å². The Morgan fingerprint density at radius 2 is 1.85 bits per heavy atom. The van der Waals surface area contributed by atoms with Gasteiger partial charge in [0.2, 0.25) is 5.91 Å². The summed E-state index contributed by atoms with van der Waals surface area (Å²) in [5.74, 6) is -0.555. The second-order valence-corrected chi connectivity index (χ2v) is 3.72. The van der Waals surface area contributed by atoms with Crippen molar-refractivity contribution in [2.75, 3.05) is 6.54 Å². The van der Waals surface area contributed by atoms with E-state index in [4.69, 9.17) is 4.74 Å². The lowest BCUT2D eigenvalue weighted by atomic mass is 10.2. The van der Waals surface area contributed by atoms with Gasteiger partial charge in [-0.3, -0.25) is 9.59 Å². The van der Waals surface area contributed by atoms with Gasteiger partial charge in [-0.05, 0) is 20.8 Å². The maximum absolute atomic E-state index is 11.0. The lowest BCUT2D eigenvalue weighted by molar-refractivity contribution is -0.154. The molecule has 0 aromatic heterocycles. The molecule has 0 aliphatic carbocycles. The lowest BCUT2D eigenvalue weighted by Gasteiger charge is -2.19. The van der Waals surface area contributed by atoms with Gasteiger partial charge in [0.05, 0.1) is 0 Å². The molecule has 4 heteroatoms. The van der Waals surface area contributed by atoms with E-state index in [1.54, 1.807) is 27.7 Å². The number of rotatable bonds is 3. The predicted octanol–water partition coefficient (Wildman–Crippen LogP) is 0.854. The van der Waals surface area contributed by atoms with E-state index < -0.39 is 11.6 Å². The SMILES string of the molecule is CCC(=O)NCC(=O)OC(C)(C)C. The van der Waals surface area contributed by atoms with E-state index in [-0.39, 0.29) is 12.5 Å². The molecular formula is C9H17NO3. The molecule has 76 valence electrons. The second-order valence-electron chi connectivity index (χ2n) is 3.72. The molecule has 0 radical (unpaired) electrons. The monoisotopic (exact) mass is 187 g/mol. The van der Waals surface area contributed by atoms with E-state index in [0.717, 1.165) is 0 Å². The third-order valence-corrected chi connectivity index (χ3v) is 1.17. The molecule has 0 saturated heterocycles. The van der Waals surface area contributed by atoms with Crippen LogP contribution in [-0.4, -0.2) is 24.0 Å². The summed E-state index contributed by atoms with van der Waals surface area (Å²) in [6.07, 6.45) is 0.378. The van der Waals surface area contributed by atoms with Crippen LogP contribution in [0.1, 0.15) is 34.1 Å². The summed E-state index contributed by atoms with van der Waals surface area (Å²) < 4.78 is 4.98. The minimum Gasteiger partial charge on any atom is -0.459 e. The average Bonchev–Trinajstić information content (AvgIpc) is 1.97. The number of hydrogen-bond acceptors (Lipinski definition) is 3. The zero-order valence-corrected chi connectivity index (χ0v) is 8.64. The Morgan fingerprint density at radius 1 is 1.31 bits per heavy atom. The van der Waals surface area contributed by atoms with Crippen LogP contribution in [-0.2, 0) is 14.3 Å². The van der Waals surface area contributed by atoms with Crippen molar-refractivity contribution in [3.8, 4) is 0 Å². The van der Waals surface area contributed by atoms with Crippen molar-refractivity contribution >= 4 is 11.9 Å². The third-order valence-electron chi connectivity index (χ3n) is 1.17. The summed E-state index contributed by atoms with van der Waals surface area (Å²) in [4.78, 5) is 21.8. The zero-order valence-electron chi connectivity index (χ0n) is 8.64. The average molecular weight is 187 g/mol.